The maximum Gasteiger partial charge on any atom is 0.229 e. The van der Waals surface area contributed by atoms with Gasteiger partial charge in [0.25, 0.3) is 0 Å². The molecule has 0 aliphatic carbocycles. The first kappa shape index (κ1) is 15.4. The summed E-state index contributed by atoms with van der Waals surface area (Å²) in [4.78, 5) is 12.6. The Labute approximate surface area is 111 Å². The molecule has 1 fully saturated rings. The molecule has 2 N–H and O–H groups in total. The summed E-state index contributed by atoms with van der Waals surface area (Å²) in [7, 11) is 1.67. The number of carbonyl (C=O) groups is 1. The molecule has 0 bridgehead atoms. The van der Waals surface area contributed by atoms with Crippen LogP contribution in [-0.2, 0) is 9.53 Å². The highest BCUT2D eigenvalue weighted by molar-refractivity contribution is 5.83. The highest BCUT2D eigenvalue weighted by Gasteiger charge is 2.41. The SMILES string of the molecule is CCCC(C)(C)NC(=O)C1(COC)CCNCC1. The van der Waals surface area contributed by atoms with Crippen LogP contribution in [0.1, 0.15) is 46.5 Å². The molecule has 0 saturated carbocycles. The van der Waals surface area contributed by atoms with Crippen LogP contribution in [0.5, 0.6) is 0 Å². The molecule has 4 nitrogen and oxygen atoms in total. The molecular weight excluding hydrogens is 228 g/mol. The van der Waals surface area contributed by atoms with Crippen molar-refractivity contribution in [3.05, 3.63) is 0 Å². The normalized spacial score (nSPS) is 19.6. The number of amides is 1. The summed E-state index contributed by atoms with van der Waals surface area (Å²) in [5, 5.41) is 6.51. The zero-order valence-corrected chi connectivity index (χ0v) is 12.3. The van der Waals surface area contributed by atoms with Crippen molar-refractivity contribution in [1.29, 1.82) is 0 Å². The summed E-state index contributed by atoms with van der Waals surface area (Å²) in [6, 6.07) is 0. The smallest absolute Gasteiger partial charge is 0.229 e. The summed E-state index contributed by atoms with van der Waals surface area (Å²) in [5.41, 5.74) is -0.470. The van der Waals surface area contributed by atoms with Crippen molar-refractivity contribution in [3.8, 4) is 0 Å². The molecule has 1 rings (SSSR count). The van der Waals surface area contributed by atoms with E-state index < -0.39 is 0 Å². The van der Waals surface area contributed by atoms with Crippen molar-refractivity contribution in [3.63, 3.8) is 0 Å². The number of methoxy groups -OCH3 is 1. The van der Waals surface area contributed by atoms with Gasteiger partial charge >= 0.3 is 0 Å². The highest BCUT2D eigenvalue weighted by Crippen LogP contribution is 2.30. The van der Waals surface area contributed by atoms with Gasteiger partial charge in [0, 0.05) is 12.6 Å². The van der Waals surface area contributed by atoms with Gasteiger partial charge in [0.1, 0.15) is 0 Å². The average molecular weight is 256 g/mol. The van der Waals surface area contributed by atoms with Crippen LogP contribution in [0.25, 0.3) is 0 Å². The number of ether oxygens (including phenoxy) is 1. The third-order valence-corrected chi connectivity index (χ3v) is 3.79. The molecule has 0 aromatic carbocycles. The summed E-state index contributed by atoms with van der Waals surface area (Å²) >= 11 is 0. The number of carbonyl (C=O) groups excluding carboxylic acids is 1. The van der Waals surface area contributed by atoms with Gasteiger partial charge in [-0.1, -0.05) is 13.3 Å². The van der Waals surface area contributed by atoms with E-state index in [1.807, 2.05) is 0 Å². The molecule has 1 amide bonds. The van der Waals surface area contributed by atoms with Gasteiger partial charge in [-0.2, -0.15) is 0 Å². The van der Waals surface area contributed by atoms with Gasteiger partial charge in [0.15, 0.2) is 0 Å². The van der Waals surface area contributed by atoms with E-state index in [0.717, 1.165) is 38.8 Å². The van der Waals surface area contributed by atoms with Crippen LogP contribution in [-0.4, -0.2) is 38.3 Å². The number of rotatable bonds is 6. The van der Waals surface area contributed by atoms with E-state index in [0.29, 0.717) is 6.61 Å². The van der Waals surface area contributed by atoms with E-state index in [1.54, 1.807) is 7.11 Å². The molecule has 0 aromatic rings. The van der Waals surface area contributed by atoms with Crippen molar-refractivity contribution < 1.29 is 9.53 Å². The van der Waals surface area contributed by atoms with Crippen LogP contribution < -0.4 is 10.6 Å². The Morgan fingerprint density at radius 2 is 2.00 bits per heavy atom. The molecule has 1 heterocycles. The fourth-order valence-electron chi connectivity index (χ4n) is 2.75. The van der Waals surface area contributed by atoms with Crippen LogP contribution >= 0.6 is 0 Å². The monoisotopic (exact) mass is 256 g/mol. The summed E-state index contributed by atoms with van der Waals surface area (Å²) < 4.78 is 5.29. The maximum atomic E-state index is 12.6. The van der Waals surface area contributed by atoms with Gasteiger partial charge < -0.3 is 15.4 Å². The van der Waals surface area contributed by atoms with Gasteiger partial charge in [0.05, 0.1) is 12.0 Å². The van der Waals surface area contributed by atoms with Crippen molar-refractivity contribution in [2.45, 2.75) is 52.0 Å². The Hall–Kier alpha value is -0.610. The second kappa shape index (κ2) is 6.53. The van der Waals surface area contributed by atoms with Crippen LogP contribution in [0.2, 0.25) is 0 Å². The van der Waals surface area contributed by atoms with Crippen LogP contribution in [0.4, 0.5) is 0 Å². The maximum absolute atomic E-state index is 12.6. The van der Waals surface area contributed by atoms with Gasteiger partial charge in [-0.15, -0.1) is 0 Å². The lowest BCUT2D eigenvalue weighted by molar-refractivity contribution is -0.138. The molecule has 4 heteroatoms. The van der Waals surface area contributed by atoms with Crippen LogP contribution in [0, 0.1) is 5.41 Å². The standard InChI is InChI=1S/C14H28N2O2/c1-5-6-13(2,3)16-12(17)14(11-18-4)7-9-15-10-8-14/h15H,5-11H2,1-4H3,(H,16,17). The predicted molar refractivity (Wildman–Crippen MR) is 73.5 cm³/mol. The minimum atomic E-state index is -0.342. The number of hydrogen-bond donors (Lipinski definition) is 2. The second-order valence-electron chi connectivity index (χ2n) is 6.05. The zero-order valence-electron chi connectivity index (χ0n) is 12.3. The van der Waals surface area contributed by atoms with Gasteiger partial charge in [-0.05, 0) is 46.2 Å². The molecule has 18 heavy (non-hydrogen) atoms. The molecule has 0 unspecified atom stereocenters. The van der Waals surface area contributed by atoms with Gasteiger partial charge in [-0.3, -0.25) is 4.79 Å². The Morgan fingerprint density at radius 3 is 2.50 bits per heavy atom. The fourth-order valence-corrected chi connectivity index (χ4v) is 2.75. The van der Waals surface area contributed by atoms with Crippen molar-refractivity contribution in [2.24, 2.45) is 5.41 Å². The molecule has 1 aliphatic heterocycles. The zero-order chi connectivity index (χ0) is 13.6. The number of hydrogen-bond acceptors (Lipinski definition) is 3. The third kappa shape index (κ3) is 3.95. The predicted octanol–water partition coefficient (Wildman–Crippen LogP) is 1.70. The first-order valence-electron chi connectivity index (χ1n) is 6.98. The summed E-state index contributed by atoms with van der Waals surface area (Å²) in [6.07, 6.45) is 3.79. The lowest BCUT2D eigenvalue weighted by Gasteiger charge is -2.38. The molecule has 0 aromatic heterocycles. The number of piperidine rings is 1. The number of nitrogens with one attached hydrogen (secondary N) is 2. The fraction of sp³-hybridized carbons (Fsp3) is 0.929. The molecular formula is C14H28N2O2. The molecule has 0 radical (unpaired) electrons. The van der Waals surface area contributed by atoms with E-state index in [4.69, 9.17) is 4.74 Å². The third-order valence-electron chi connectivity index (χ3n) is 3.79. The Kier molecular flexibility index (Phi) is 5.60. The quantitative estimate of drug-likeness (QED) is 0.760. The molecule has 106 valence electrons. The van der Waals surface area contributed by atoms with E-state index in [9.17, 15) is 4.79 Å². The minimum Gasteiger partial charge on any atom is -0.384 e. The topological polar surface area (TPSA) is 50.4 Å². The first-order chi connectivity index (χ1) is 8.46. The van der Waals surface area contributed by atoms with Gasteiger partial charge in [-0.25, -0.2) is 0 Å². The van der Waals surface area contributed by atoms with Gasteiger partial charge in [0.2, 0.25) is 5.91 Å². The molecule has 0 spiro atoms. The Bertz CT molecular complexity index is 265. The Balaban J connectivity index is 2.70. The summed E-state index contributed by atoms with van der Waals surface area (Å²) in [6.45, 7) is 8.63. The van der Waals surface area contributed by atoms with Crippen molar-refractivity contribution in [2.75, 3.05) is 26.8 Å². The van der Waals surface area contributed by atoms with E-state index in [1.165, 1.54) is 0 Å². The average Bonchev–Trinajstić information content (AvgIpc) is 2.29. The minimum absolute atomic E-state index is 0.128. The molecule has 1 saturated heterocycles. The second-order valence-corrected chi connectivity index (χ2v) is 6.05. The lowest BCUT2D eigenvalue weighted by Crippen LogP contribution is -2.55. The first-order valence-corrected chi connectivity index (χ1v) is 6.98. The van der Waals surface area contributed by atoms with Crippen LogP contribution in [0.15, 0.2) is 0 Å². The van der Waals surface area contributed by atoms with E-state index in [2.05, 4.69) is 31.4 Å². The van der Waals surface area contributed by atoms with Crippen molar-refractivity contribution in [1.82, 2.24) is 10.6 Å². The largest absolute Gasteiger partial charge is 0.384 e. The van der Waals surface area contributed by atoms with Crippen molar-refractivity contribution >= 4 is 5.91 Å². The molecule has 1 aliphatic rings. The Morgan fingerprint density at radius 1 is 1.39 bits per heavy atom. The van der Waals surface area contributed by atoms with E-state index >= 15 is 0 Å². The molecule has 0 atom stereocenters. The summed E-state index contributed by atoms with van der Waals surface area (Å²) in [5.74, 6) is 0.157. The highest BCUT2D eigenvalue weighted by atomic mass is 16.5. The van der Waals surface area contributed by atoms with E-state index in [-0.39, 0.29) is 16.9 Å². The van der Waals surface area contributed by atoms with Crippen LogP contribution in [0.3, 0.4) is 0 Å². The lowest BCUT2D eigenvalue weighted by atomic mass is 9.78.